The van der Waals surface area contributed by atoms with Gasteiger partial charge in [0, 0.05) is 23.8 Å². The lowest BCUT2D eigenvalue weighted by atomic mass is 10.1. The lowest BCUT2D eigenvalue weighted by Gasteiger charge is -2.18. The van der Waals surface area contributed by atoms with Crippen molar-refractivity contribution in [3.05, 3.63) is 28.8 Å². The normalized spacial score (nSPS) is 20.1. The standard InChI is InChI=1S/C12H15ClN2O/c1-8-2-3-10(6-11(8)13)15-5-4-9(7-15)12(14)16/h2-3,6,9H,4-5,7H2,1H3,(H2,14,16). The number of amides is 1. The summed E-state index contributed by atoms with van der Waals surface area (Å²) in [6.07, 6.45) is 0.834. The van der Waals surface area contributed by atoms with Crippen molar-refractivity contribution in [2.45, 2.75) is 13.3 Å². The zero-order chi connectivity index (χ0) is 11.7. The molecule has 0 bridgehead atoms. The average Bonchev–Trinajstić information content (AvgIpc) is 2.71. The molecule has 1 fully saturated rings. The van der Waals surface area contributed by atoms with Gasteiger partial charge in [0.2, 0.25) is 5.91 Å². The SMILES string of the molecule is Cc1ccc(N2CCC(C(N)=O)C2)cc1Cl. The molecular formula is C12H15ClN2O. The minimum absolute atomic E-state index is 0.0277. The van der Waals surface area contributed by atoms with Gasteiger partial charge < -0.3 is 10.6 Å². The molecule has 1 aliphatic rings. The first-order chi connectivity index (χ1) is 7.58. The number of carbonyl (C=O) groups is 1. The number of benzene rings is 1. The summed E-state index contributed by atoms with van der Waals surface area (Å²) in [7, 11) is 0. The third kappa shape index (κ3) is 2.14. The van der Waals surface area contributed by atoms with Gasteiger partial charge in [-0.1, -0.05) is 17.7 Å². The lowest BCUT2D eigenvalue weighted by molar-refractivity contribution is -0.121. The smallest absolute Gasteiger partial charge is 0.222 e. The molecule has 1 amide bonds. The molecule has 0 aromatic heterocycles. The van der Waals surface area contributed by atoms with Crippen LogP contribution in [0.2, 0.25) is 5.02 Å². The number of rotatable bonds is 2. The van der Waals surface area contributed by atoms with Crippen LogP contribution in [0.4, 0.5) is 5.69 Å². The molecule has 0 aliphatic carbocycles. The number of primary amides is 1. The van der Waals surface area contributed by atoms with Crippen LogP contribution < -0.4 is 10.6 Å². The van der Waals surface area contributed by atoms with E-state index in [4.69, 9.17) is 17.3 Å². The first-order valence-corrected chi connectivity index (χ1v) is 5.76. The van der Waals surface area contributed by atoms with Crippen LogP contribution in [-0.4, -0.2) is 19.0 Å². The molecule has 1 aromatic carbocycles. The molecule has 1 unspecified atom stereocenters. The highest BCUT2D eigenvalue weighted by molar-refractivity contribution is 6.31. The molecule has 16 heavy (non-hydrogen) atoms. The van der Waals surface area contributed by atoms with E-state index in [1.165, 1.54) is 0 Å². The molecule has 1 saturated heterocycles. The van der Waals surface area contributed by atoms with Gasteiger partial charge >= 0.3 is 0 Å². The molecule has 1 aromatic rings. The fraction of sp³-hybridized carbons (Fsp3) is 0.417. The van der Waals surface area contributed by atoms with Crippen molar-refractivity contribution in [3.63, 3.8) is 0 Å². The van der Waals surface area contributed by atoms with Crippen molar-refractivity contribution in [3.8, 4) is 0 Å². The van der Waals surface area contributed by atoms with Crippen LogP contribution in [0.3, 0.4) is 0 Å². The lowest BCUT2D eigenvalue weighted by Crippen LogP contribution is -2.27. The van der Waals surface area contributed by atoms with Gasteiger partial charge in [-0.25, -0.2) is 0 Å². The molecule has 3 nitrogen and oxygen atoms in total. The highest BCUT2D eigenvalue weighted by Gasteiger charge is 2.26. The molecule has 86 valence electrons. The van der Waals surface area contributed by atoms with E-state index >= 15 is 0 Å². The largest absolute Gasteiger partial charge is 0.371 e. The Labute approximate surface area is 100 Å². The Morgan fingerprint density at radius 3 is 2.88 bits per heavy atom. The Morgan fingerprint density at radius 2 is 2.31 bits per heavy atom. The van der Waals surface area contributed by atoms with Crippen LogP contribution >= 0.6 is 11.6 Å². The summed E-state index contributed by atoms with van der Waals surface area (Å²) < 4.78 is 0. The van der Waals surface area contributed by atoms with Gasteiger partial charge in [-0.3, -0.25) is 4.79 Å². The summed E-state index contributed by atoms with van der Waals surface area (Å²) in [6, 6.07) is 5.97. The topological polar surface area (TPSA) is 46.3 Å². The summed E-state index contributed by atoms with van der Waals surface area (Å²) in [4.78, 5) is 13.2. The zero-order valence-electron chi connectivity index (χ0n) is 9.24. The summed E-state index contributed by atoms with van der Waals surface area (Å²) in [5, 5.41) is 0.764. The van der Waals surface area contributed by atoms with E-state index in [0.717, 1.165) is 29.2 Å². The van der Waals surface area contributed by atoms with Gasteiger partial charge in [-0.15, -0.1) is 0 Å². The van der Waals surface area contributed by atoms with Crippen molar-refractivity contribution in [2.75, 3.05) is 18.0 Å². The predicted molar refractivity (Wildman–Crippen MR) is 65.7 cm³/mol. The number of nitrogens with zero attached hydrogens (tertiary/aromatic N) is 1. The first-order valence-electron chi connectivity index (χ1n) is 5.38. The second-order valence-corrected chi connectivity index (χ2v) is 4.67. The van der Waals surface area contributed by atoms with E-state index < -0.39 is 0 Å². The van der Waals surface area contributed by atoms with Crippen LogP contribution in [-0.2, 0) is 4.79 Å². The number of aryl methyl sites for hydroxylation is 1. The van der Waals surface area contributed by atoms with Crippen LogP contribution in [0.25, 0.3) is 0 Å². The van der Waals surface area contributed by atoms with Crippen molar-refractivity contribution < 1.29 is 4.79 Å². The van der Waals surface area contributed by atoms with E-state index in [9.17, 15) is 4.79 Å². The van der Waals surface area contributed by atoms with Gasteiger partial charge in [0.05, 0.1) is 5.92 Å². The maximum atomic E-state index is 11.1. The summed E-state index contributed by atoms with van der Waals surface area (Å²) in [5.41, 5.74) is 7.44. The average molecular weight is 239 g/mol. The van der Waals surface area contributed by atoms with Crippen molar-refractivity contribution in [1.29, 1.82) is 0 Å². The predicted octanol–water partition coefficient (Wildman–Crippen LogP) is 1.96. The van der Waals surface area contributed by atoms with Crippen LogP contribution in [0, 0.1) is 12.8 Å². The molecule has 0 spiro atoms. The summed E-state index contributed by atoms with van der Waals surface area (Å²) >= 11 is 6.07. The van der Waals surface area contributed by atoms with E-state index in [1.807, 2.05) is 25.1 Å². The first kappa shape index (κ1) is 11.3. The second kappa shape index (κ2) is 4.34. The maximum Gasteiger partial charge on any atom is 0.222 e. The molecule has 2 N–H and O–H groups in total. The van der Waals surface area contributed by atoms with Gasteiger partial charge in [-0.2, -0.15) is 0 Å². The van der Waals surface area contributed by atoms with Gasteiger partial charge in [0.25, 0.3) is 0 Å². The molecule has 1 heterocycles. The molecule has 4 heteroatoms. The Hall–Kier alpha value is -1.22. The molecule has 1 atom stereocenters. The second-order valence-electron chi connectivity index (χ2n) is 4.27. The quantitative estimate of drug-likeness (QED) is 0.856. The minimum atomic E-state index is -0.208. The third-order valence-electron chi connectivity index (χ3n) is 3.11. The number of nitrogens with two attached hydrogens (primary N) is 1. The Bertz CT molecular complexity index is 419. The maximum absolute atomic E-state index is 11.1. The molecule has 2 rings (SSSR count). The Balaban J connectivity index is 2.14. The van der Waals surface area contributed by atoms with E-state index in [-0.39, 0.29) is 11.8 Å². The monoisotopic (exact) mass is 238 g/mol. The van der Waals surface area contributed by atoms with Crippen LogP contribution in [0.15, 0.2) is 18.2 Å². The number of halogens is 1. The highest BCUT2D eigenvalue weighted by Crippen LogP contribution is 2.27. The van der Waals surface area contributed by atoms with Gasteiger partial charge in [-0.05, 0) is 31.0 Å². The molecular weight excluding hydrogens is 224 g/mol. The molecule has 1 aliphatic heterocycles. The van der Waals surface area contributed by atoms with Crippen molar-refractivity contribution in [1.82, 2.24) is 0 Å². The fourth-order valence-electron chi connectivity index (χ4n) is 2.01. The number of hydrogen-bond acceptors (Lipinski definition) is 2. The Morgan fingerprint density at radius 1 is 1.56 bits per heavy atom. The summed E-state index contributed by atoms with van der Waals surface area (Å²) in [5.74, 6) is -0.235. The van der Waals surface area contributed by atoms with Crippen molar-refractivity contribution in [2.24, 2.45) is 11.7 Å². The van der Waals surface area contributed by atoms with Gasteiger partial charge in [0.15, 0.2) is 0 Å². The molecule has 0 radical (unpaired) electrons. The van der Waals surface area contributed by atoms with Gasteiger partial charge in [0.1, 0.15) is 0 Å². The summed E-state index contributed by atoms with van der Waals surface area (Å²) in [6.45, 7) is 3.55. The highest BCUT2D eigenvalue weighted by atomic mass is 35.5. The van der Waals surface area contributed by atoms with Crippen LogP contribution in [0.1, 0.15) is 12.0 Å². The van der Waals surface area contributed by atoms with E-state index in [2.05, 4.69) is 4.90 Å². The zero-order valence-corrected chi connectivity index (χ0v) is 10.00. The fourth-order valence-corrected chi connectivity index (χ4v) is 2.18. The third-order valence-corrected chi connectivity index (χ3v) is 3.52. The molecule has 0 saturated carbocycles. The number of carbonyl (C=O) groups excluding carboxylic acids is 1. The number of anilines is 1. The van der Waals surface area contributed by atoms with Crippen molar-refractivity contribution >= 4 is 23.2 Å². The van der Waals surface area contributed by atoms with E-state index in [0.29, 0.717) is 6.54 Å². The number of hydrogen-bond donors (Lipinski definition) is 1. The van der Waals surface area contributed by atoms with Crippen LogP contribution in [0.5, 0.6) is 0 Å². The minimum Gasteiger partial charge on any atom is -0.371 e. The van der Waals surface area contributed by atoms with E-state index in [1.54, 1.807) is 0 Å². The Kier molecular flexibility index (Phi) is 3.06.